The lowest BCUT2D eigenvalue weighted by Crippen LogP contribution is -2.41. The number of hydrogen-bond acceptors (Lipinski definition) is 5. The summed E-state index contributed by atoms with van der Waals surface area (Å²) in [6, 6.07) is 1.70. The molecule has 0 saturated heterocycles. The highest BCUT2D eigenvalue weighted by Gasteiger charge is 2.33. The van der Waals surface area contributed by atoms with E-state index < -0.39 is 10.0 Å². The molecule has 0 unspecified atom stereocenters. The first-order chi connectivity index (χ1) is 10.0. The van der Waals surface area contributed by atoms with Gasteiger partial charge < -0.3 is 5.32 Å². The summed E-state index contributed by atoms with van der Waals surface area (Å²) in [5, 5.41) is 4.86. The van der Waals surface area contributed by atoms with Crippen molar-refractivity contribution in [1.29, 1.82) is 0 Å². The largest absolute Gasteiger partial charge is 0.315 e. The van der Waals surface area contributed by atoms with E-state index >= 15 is 0 Å². The molecule has 0 spiro atoms. The van der Waals surface area contributed by atoms with Gasteiger partial charge >= 0.3 is 0 Å². The molecule has 4 nitrogen and oxygen atoms in total. The minimum atomic E-state index is -3.41. The zero-order chi connectivity index (χ0) is 15.3. The summed E-state index contributed by atoms with van der Waals surface area (Å²) < 4.78 is 28.0. The lowest BCUT2D eigenvalue weighted by Gasteiger charge is -2.35. The Morgan fingerprint density at radius 3 is 2.67 bits per heavy atom. The van der Waals surface area contributed by atoms with Crippen molar-refractivity contribution in [1.82, 2.24) is 10.0 Å². The van der Waals surface area contributed by atoms with Crippen LogP contribution in [-0.2, 0) is 16.6 Å². The van der Waals surface area contributed by atoms with Crippen molar-refractivity contribution < 1.29 is 8.42 Å². The molecule has 0 amide bonds. The van der Waals surface area contributed by atoms with Crippen LogP contribution < -0.4 is 10.0 Å². The van der Waals surface area contributed by atoms with Crippen LogP contribution in [0.2, 0.25) is 0 Å². The fraction of sp³-hybridized carbons (Fsp3) is 0.714. The standard InChI is InChI=1S/C14H24N2O2S3/c1-15-10-12-13(6-9-20-12)21(17,18)16-11-14(19-2)7-4-3-5-8-14/h6,9,15-16H,3-5,7-8,10-11H2,1-2H3. The van der Waals surface area contributed by atoms with Crippen LogP contribution in [0.1, 0.15) is 37.0 Å². The molecule has 0 aliphatic heterocycles. The summed E-state index contributed by atoms with van der Waals surface area (Å²) in [6.45, 7) is 1.12. The molecule has 1 aromatic rings. The number of thioether (sulfide) groups is 1. The Morgan fingerprint density at radius 2 is 2.05 bits per heavy atom. The third kappa shape index (κ3) is 4.22. The average molecular weight is 349 g/mol. The van der Waals surface area contributed by atoms with Crippen molar-refractivity contribution in [3.8, 4) is 0 Å². The quantitative estimate of drug-likeness (QED) is 0.795. The van der Waals surface area contributed by atoms with Gasteiger partial charge in [0.2, 0.25) is 10.0 Å². The Balaban J connectivity index is 2.08. The Bertz CT molecular complexity index is 548. The first-order valence-corrected chi connectivity index (χ1v) is 10.9. The second-order valence-corrected chi connectivity index (χ2v) is 9.52. The Kier molecular flexibility index (Phi) is 6.14. The first kappa shape index (κ1) is 17.3. The van der Waals surface area contributed by atoms with Gasteiger partial charge in [0.25, 0.3) is 0 Å². The van der Waals surface area contributed by atoms with Crippen molar-refractivity contribution in [2.24, 2.45) is 0 Å². The van der Waals surface area contributed by atoms with Gasteiger partial charge in [-0.15, -0.1) is 11.3 Å². The predicted octanol–water partition coefficient (Wildman–Crippen LogP) is 2.81. The van der Waals surface area contributed by atoms with E-state index in [9.17, 15) is 8.42 Å². The van der Waals surface area contributed by atoms with Crippen LogP contribution in [0.3, 0.4) is 0 Å². The summed E-state index contributed by atoms with van der Waals surface area (Å²) in [4.78, 5) is 1.29. The van der Waals surface area contributed by atoms with Crippen molar-refractivity contribution >= 4 is 33.1 Å². The highest BCUT2D eigenvalue weighted by molar-refractivity contribution is 8.00. The normalized spacial score (nSPS) is 18.8. The van der Waals surface area contributed by atoms with E-state index in [1.807, 2.05) is 24.2 Å². The molecule has 1 saturated carbocycles. The summed E-state index contributed by atoms with van der Waals surface area (Å²) in [6.07, 6.45) is 7.97. The molecule has 2 N–H and O–H groups in total. The van der Waals surface area contributed by atoms with Crippen LogP contribution in [-0.4, -0.2) is 33.0 Å². The van der Waals surface area contributed by atoms with Crippen molar-refractivity contribution in [2.75, 3.05) is 19.8 Å². The van der Waals surface area contributed by atoms with Gasteiger partial charge in [0.15, 0.2) is 0 Å². The third-order valence-corrected chi connectivity index (χ3v) is 8.07. The van der Waals surface area contributed by atoms with Crippen LogP contribution in [0, 0.1) is 0 Å². The zero-order valence-electron chi connectivity index (χ0n) is 12.6. The zero-order valence-corrected chi connectivity index (χ0v) is 15.1. The second-order valence-electron chi connectivity index (χ2n) is 5.51. The van der Waals surface area contributed by atoms with E-state index in [0.29, 0.717) is 18.0 Å². The minimum absolute atomic E-state index is 0.0739. The summed E-state index contributed by atoms with van der Waals surface area (Å²) in [7, 11) is -1.58. The smallest absolute Gasteiger partial charge is 0.241 e. The molecule has 1 heterocycles. The van der Waals surface area contributed by atoms with Gasteiger partial charge in [-0.05, 0) is 37.6 Å². The van der Waals surface area contributed by atoms with E-state index in [0.717, 1.165) is 17.7 Å². The Morgan fingerprint density at radius 1 is 1.33 bits per heavy atom. The van der Waals surface area contributed by atoms with Crippen LogP contribution in [0.5, 0.6) is 0 Å². The first-order valence-electron chi connectivity index (χ1n) is 7.29. The lowest BCUT2D eigenvalue weighted by molar-refractivity contribution is 0.395. The van der Waals surface area contributed by atoms with E-state index in [1.54, 1.807) is 6.07 Å². The second kappa shape index (κ2) is 7.46. The van der Waals surface area contributed by atoms with Crippen molar-refractivity contribution in [3.63, 3.8) is 0 Å². The molecule has 0 radical (unpaired) electrons. The molecular weight excluding hydrogens is 324 g/mol. The van der Waals surface area contributed by atoms with Crippen LogP contribution in [0.25, 0.3) is 0 Å². The number of rotatable bonds is 7. The number of nitrogens with one attached hydrogen (secondary N) is 2. The maximum Gasteiger partial charge on any atom is 0.241 e. The van der Waals surface area contributed by atoms with Gasteiger partial charge in [-0.3, -0.25) is 0 Å². The molecule has 1 aliphatic carbocycles. The summed E-state index contributed by atoms with van der Waals surface area (Å²) >= 11 is 3.29. The van der Waals surface area contributed by atoms with Gasteiger partial charge in [-0.25, -0.2) is 13.1 Å². The SMILES string of the molecule is CNCc1sccc1S(=O)(=O)NCC1(SC)CCCCC1. The average Bonchev–Trinajstić information content (AvgIpc) is 2.96. The fourth-order valence-corrected chi connectivity index (χ4v) is 6.40. The molecule has 1 aliphatic rings. The summed E-state index contributed by atoms with van der Waals surface area (Å²) in [5.41, 5.74) is 0. The lowest BCUT2D eigenvalue weighted by atomic mass is 9.88. The van der Waals surface area contributed by atoms with Gasteiger partial charge in [0.1, 0.15) is 0 Å². The maximum absolute atomic E-state index is 12.5. The maximum atomic E-state index is 12.5. The van der Waals surface area contributed by atoms with Crippen LogP contribution >= 0.6 is 23.1 Å². The molecule has 0 aromatic carbocycles. The van der Waals surface area contributed by atoms with E-state index in [-0.39, 0.29) is 4.75 Å². The van der Waals surface area contributed by atoms with Crippen molar-refractivity contribution in [2.45, 2.75) is 48.3 Å². The molecular formula is C14H24N2O2S3. The van der Waals surface area contributed by atoms with Crippen LogP contribution in [0.4, 0.5) is 0 Å². The van der Waals surface area contributed by atoms with Crippen LogP contribution in [0.15, 0.2) is 16.3 Å². The topological polar surface area (TPSA) is 58.2 Å². The molecule has 2 rings (SSSR count). The van der Waals surface area contributed by atoms with Gasteiger partial charge in [0, 0.05) is 22.7 Å². The molecule has 0 bridgehead atoms. The number of sulfonamides is 1. The van der Waals surface area contributed by atoms with Gasteiger partial charge in [-0.2, -0.15) is 11.8 Å². The number of thiophene rings is 1. The van der Waals surface area contributed by atoms with E-state index in [4.69, 9.17) is 0 Å². The molecule has 120 valence electrons. The highest BCUT2D eigenvalue weighted by atomic mass is 32.2. The van der Waals surface area contributed by atoms with E-state index in [2.05, 4.69) is 16.3 Å². The third-order valence-electron chi connectivity index (χ3n) is 4.11. The molecule has 21 heavy (non-hydrogen) atoms. The summed E-state index contributed by atoms with van der Waals surface area (Å²) in [5.74, 6) is 0. The van der Waals surface area contributed by atoms with Crippen molar-refractivity contribution in [3.05, 3.63) is 16.3 Å². The number of hydrogen-bond donors (Lipinski definition) is 2. The molecule has 1 fully saturated rings. The molecule has 7 heteroatoms. The predicted molar refractivity (Wildman–Crippen MR) is 91.6 cm³/mol. The fourth-order valence-electron chi connectivity index (χ4n) is 2.81. The van der Waals surface area contributed by atoms with Gasteiger partial charge in [0.05, 0.1) is 4.90 Å². The molecule has 0 atom stereocenters. The van der Waals surface area contributed by atoms with Gasteiger partial charge in [-0.1, -0.05) is 19.3 Å². The molecule has 1 aromatic heterocycles. The minimum Gasteiger partial charge on any atom is -0.315 e. The Hall–Kier alpha value is -0.0800. The Labute approximate surface area is 136 Å². The monoisotopic (exact) mass is 348 g/mol. The highest BCUT2D eigenvalue weighted by Crippen LogP contribution is 2.38. The van der Waals surface area contributed by atoms with E-state index in [1.165, 1.54) is 30.6 Å².